The van der Waals surface area contributed by atoms with E-state index >= 15 is 0 Å². The van der Waals surface area contributed by atoms with E-state index in [-0.39, 0.29) is 5.91 Å². The van der Waals surface area contributed by atoms with Gasteiger partial charge in [0.25, 0.3) is 0 Å². The fraction of sp³-hybridized carbons (Fsp3) is 0.200. The van der Waals surface area contributed by atoms with Crippen LogP contribution >= 0.6 is 0 Å². The SMILES string of the molecule is COc1cc(/C(C)=N/NC(=O)CCc2ccccc2)ccc1OCc1ccccc1. The molecule has 5 nitrogen and oxygen atoms in total. The molecule has 154 valence electrons. The fourth-order valence-electron chi connectivity index (χ4n) is 2.92. The summed E-state index contributed by atoms with van der Waals surface area (Å²) in [5.41, 5.74) is 6.38. The van der Waals surface area contributed by atoms with Crippen LogP contribution in [-0.4, -0.2) is 18.7 Å². The minimum atomic E-state index is -0.118. The number of carbonyl (C=O) groups excluding carboxylic acids is 1. The quantitative estimate of drug-likeness (QED) is 0.415. The lowest BCUT2D eigenvalue weighted by Gasteiger charge is -2.12. The lowest BCUT2D eigenvalue weighted by molar-refractivity contribution is -0.121. The van der Waals surface area contributed by atoms with E-state index in [2.05, 4.69) is 10.5 Å². The number of rotatable bonds is 9. The smallest absolute Gasteiger partial charge is 0.240 e. The van der Waals surface area contributed by atoms with E-state index in [4.69, 9.17) is 9.47 Å². The second-order valence-electron chi connectivity index (χ2n) is 6.86. The zero-order valence-corrected chi connectivity index (χ0v) is 17.3. The van der Waals surface area contributed by atoms with Gasteiger partial charge < -0.3 is 9.47 Å². The Labute approximate surface area is 177 Å². The lowest BCUT2D eigenvalue weighted by Crippen LogP contribution is -2.19. The van der Waals surface area contributed by atoms with Crippen molar-refractivity contribution in [2.75, 3.05) is 7.11 Å². The van der Waals surface area contributed by atoms with Crippen molar-refractivity contribution in [3.05, 3.63) is 95.6 Å². The number of hydrogen-bond donors (Lipinski definition) is 1. The third-order valence-electron chi connectivity index (χ3n) is 4.65. The molecule has 0 aliphatic carbocycles. The van der Waals surface area contributed by atoms with Gasteiger partial charge in [-0.2, -0.15) is 5.10 Å². The first-order chi connectivity index (χ1) is 14.7. The molecule has 0 atom stereocenters. The summed E-state index contributed by atoms with van der Waals surface area (Å²) in [5, 5.41) is 4.23. The van der Waals surface area contributed by atoms with E-state index in [1.807, 2.05) is 85.8 Å². The van der Waals surface area contributed by atoms with Gasteiger partial charge in [-0.25, -0.2) is 5.43 Å². The summed E-state index contributed by atoms with van der Waals surface area (Å²) in [7, 11) is 1.60. The number of nitrogens with one attached hydrogen (secondary N) is 1. The number of aryl methyl sites for hydroxylation is 1. The van der Waals surface area contributed by atoms with Gasteiger partial charge in [-0.05, 0) is 42.7 Å². The van der Waals surface area contributed by atoms with E-state index in [1.165, 1.54) is 0 Å². The maximum absolute atomic E-state index is 12.1. The van der Waals surface area contributed by atoms with Crippen molar-refractivity contribution in [2.45, 2.75) is 26.4 Å². The molecule has 3 aromatic rings. The summed E-state index contributed by atoms with van der Waals surface area (Å²) in [5.74, 6) is 1.16. The average Bonchev–Trinajstić information content (AvgIpc) is 2.81. The summed E-state index contributed by atoms with van der Waals surface area (Å²) in [4.78, 5) is 12.1. The summed E-state index contributed by atoms with van der Waals surface area (Å²) < 4.78 is 11.4. The molecule has 5 heteroatoms. The van der Waals surface area contributed by atoms with Crippen LogP contribution in [0.4, 0.5) is 0 Å². The molecule has 0 saturated heterocycles. The van der Waals surface area contributed by atoms with Crippen molar-refractivity contribution in [3.8, 4) is 11.5 Å². The first-order valence-corrected chi connectivity index (χ1v) is 9.88. The van der Waals surface area contributed by atoms with Gasteiger partial charge in [-0.1, -0.05) is 60.7 Å². The molecule has 30 heavy (non-hydrogen) atoms. The highest BCUT2D eigenvalue weighted by molar-refractivity contribution is 5.99. The van der Waals surface area contributed by atoms with E-state index < -0.39 is 0 Å². The van der Waals surface area contributed by atoms with Crippen molar-refractivity contribution in [3.63, 3.8) is 0 Å². The summed E-state index contributed by atoms with van der Waals surface area (Å²) >= 11 is 0. The second-order valence-corrected chi connectivity index (χ2v) is 6.86. The normalized spacial score (nSPS) is 11.1. The largest absolute Gasteiger partial charge is 0.493 e. The number of ether oxygens (including phenoxy) is 2. The molecule has 3 aromatic carbocycles. The molecule has 0 spiro atoms. The molecular weight excluding hydrogens is 376 g/mol. The van der Waals surface area contributed by atoms with Gasteiger partial charge in [0.2, 0.25) is 5.91 Å². The van der Waals surface area contributed by atoms with E-state index in [9.17, 15) is 4.79 Å². The third-order valence-corrected chi connectivity index (χ3v) is 4.65. The molecule has 1 N–H and O–H groups in total. The van der Waals surface area contributed by atoms with Crippen LogP contribution in [0.5, 0.6) is 11.5 Å². The monoisotopic (exact) mass is 402 g/mol. The average molecular weight is 402 g/mol. The van der Waals surface area contributed by atoms with Gasteiger partial charge >= 0.3 is 0 Å². The Balaban J connectivity index is 1.58. The van der Waals surface area contributed by atoms with E-state index in [1.54, 1.807) is 7.11 Å². The zero-order chi connectivity index (χ0) is 21.2. The van der Waals surface area contributed by atoms with Crippen molar-refractivity contribution >= 4 is 11.6 Å². The molecular formula is C25H26N2O3. The number of benzene rings is 3. The van der Waals surface area contributed by atoms with Gasteiger partial charge in [0.05, 0.1) is 12.8 Å². The van der Waals surface area contributed by atoms with E-state index in [0.717, 1.165) is 16.7 Å². The molecule has 0 heterocycles. The lowest BCUT2D eigenvalue weighted by atomic mass is 10.1. The number of nitrogens with zero attached hydrogens (tertiary/aromatic N) is 1. The van der Waals surface area contributed by atoms with Crippen LogP contribution < -0.4 is 14.9 Å². The predicted octanol–water partition coefficient (Wildman–Crippen LogP) is 4.75. The Morgan fingerprint density at radius 2 is 1.57 bits per heavy atom. The van der Waals surface area contributed by atoms with Gasteiger partial charge in [-0.3, -0.25) is 4.79 Å². The molecule has 0 aromatic heterocycles. The number of methoxy groups -OCH3 is 1. The number of hydrazone groups is 1. The van der Waals surface area contributed by atoms with Crippen LogP contribution in [0, 0.1) is 0 Å². The minimum absolute atomic E-state index is 0.118. The molecule has 0 unspecified atom stereocenters. The molecule has 0 bridgehead atoms. The van der Waals surface area contributed by atoms with Crippen molar-refractivity contribution in [1.29, 1.82) is 0 Å². The second kappa shape index (κ2) is 10.8. The third kappa shape index (κ3) is 6.21. The Morgan fingerprint density at radius 3 is 2.23 bits per heavy atom. The molecule has 0 aliphatic rings. The molecule has 1 amide bonds. The highest BCUT2D eigenvalue weighted by Crippen LogP contribution is 2.29. The van der Waals surface area contributed by atoms with Crippen LogP contribution in [0.3, 0.4) is 0 Å². The van der Waals surface area contributed by atoms with Gasteiger partial charge in [0, 0.05) is 12.0 Å². The van der Waals surface area contributed by atoms with E-state index in [0.29, 0.717) is 36.7 Å². The highest BCUT2D eigenvalue weighted by atomic mass is 16.5. The Hall–Kier alpha value is -3.60. The van der Waals surface area contributed by atoms with Crippen molar-refractivity contribution in [1.82, 2.24) is 5.43 Å². The maximum atomic E-state index is 12.1. The number of hydrogen-bond acceptors (Lipinski definition) is 4. The maximum Gasteiger partial charge on any atom is 0.240 e. The molecule has 0 aliphatic heterocycles. The van der Waals surface area contributed by atoms with Gasteiger partial charge in [0.15, 0.2) is 11.5 Å². The topological polar surface area (TPSA) is 59.9 Å². The minimum Gasteiger partial charge on any atom is -0.493 e. The van der Waals surface area contributed by atoms with Crippen LogP contribution in [-0.2, 0) is 17.8 Å². The number of carbonyl (C=O) groups is 1. The Kier molecular flexibility index (Phi) is 7.61. The molecule has 3 rings (SSSR count). The van der Waals surface area contributed by atoms with Crippen LogP contribution in [0.2, 0.25) is 0 Å². The van der Waals surface area contributed by atoms with Crippen LogP contribution in [0.25, 0.3) is 0 Å². The highest BCUT2D eigenvalue weighted by Gasteiger charge is 2.09. The number of amides is 1. The molecule has 0 saturated carbocycles. The molecule has 0 fully saturated rings. The first kappa shape index (κ1) is 21.1. The van der Waals surface area contributed by atoms with Gasteiger partial charge in [-0.15, -0.1) is 0 Å². The van der Waals surface area contributed by atoms with Crippen molar-refractivity contribution in [2.24, 2.45) is 5.10 Å². The van der Waals surface area contributed by atoms with Crippen LogP contribution in [0.15, 0.2) is 84.0 Å². The Morgan fingerprint density at radius 1 is 0.900 bits per heavy atom. The summed E-state index contributed by atoms with van der Waals surface area (Å²) in [6, 6.07) is 25.5. The van der Waals surface area contributed by atoms with Crippen molar-refractivity contribution < 1.29 is 14.3 Å². The zero-order valence-electron chi connectivity index (χ0n) is 17.3. The summed E-state index contributed by atoms with van der Waals surface area (Å²) in [6.07, 6.45) is 1.07. The van der Waals surface area contributed by atoms with Crippen LogP contribution in [0.1, 0.15) is 30.0 Å². The van der Waals surface area contributed by atoms with Gasteiger partial charge in [0.1, 0.15) is 6.61 Å². The standard InChI is InChI=1S/C25H26N2O3/c1-19(26-27-25(28)16-13-20-9-5-3-6-10-20)22-14-15-23(24(17-22)29-2)30-18-21-11-7-4-8-12-21/h3-12,14-15,17H,13,16,18H2,1-2H3,(H,27,28)/b26-19+. The fourth-order valence-corrected chi connectivity index (χ4v) is 2.92. The molecule has 0 radical (unpaired) electrons. The summed E-state index contributed by atoms with van der Waals surface area (Å²) in [6.45, 7) is 2.30. The predicted molar refractivity (Wildman–Crippen MR) is 119 cm³/mol. The Bertz CT molecular complexity index is 986. The first-order valence-electron chi connectivity index (χ1n) is 9.88.